The smallest absolute Gasteiger partial charge is 0.230 e. The number of carbonyl (C=O) groups excluding carboxylic acids is 1. The molecule has 17 heavy (non-hydrogen) atoms. The summed E-state index contributed by atoms with van der Waals surface area (Å²) in [6.07, 6.45) is 0.426. The summed E-state index contributed by atoms with van der Waals surface area (Å²) >= 11 is 5.72. The molecule has 0 fully saturated rings. The van der Waals surface area contributed by atoms with Crippen molar-refractivity contribution < 1.29 is 9.90 Å². The van der Waals surface area contributed by atoms with Gasteiger partial charge in [-0.15, -0.1) is 0 Å². The van der Waals surface area contributed by atoms with Gasteiger partial charge in [-0.1, -0.05) is 0 Å². The summed E-state index contributed by atoms with van der Waals surface area (Å²) in [4.78, 5) is 23.8. The minimum Gasteiger partial charge on any atom is -0.550 e. The Labute approximate surface area is 104 Å². The van der Waals surface area contributed by atoms with E-state index in [0.29, 0.717) is 24.9 Å². The van der Waals surface area contributed by atoms with Crippen LogP contribution in [0.15, 0.2) is 0 Å². The van der Waals surface area contributed by atoms with Gasteiger partial charge in [-0.25, -0.2) is 0 Å². The van der Waals surface area contributed by atoms with E-state index in [2.05, 4.69) is 20.3 Å². The molecule has 0 aliphatic heterocycles. The van der Waals surface area contributed by atoms with Gasteiger partial charge < -0.3 is 20.1 Å². The van der Waals surface area contributed by atoms with Gasteiger partial charge in [-0.05, 0) is 24.4 Å². The lowest BCUT2D eigenvalue weighted by Gasteiger charge is -2.11. The van der Waals surface area contributed by atoms with Crippen molar-refractivity contribution in [3.8, 4) is 0 Å². The lowest BCUT2D eigenvalue weighted by atomic mass is 10.3. The Balaban J connectivity index is 2.55. The number of aliphatic carboxylic acids is 1. The first-order valence-electron chi connectivity index (χ1n) is 5.01. The molecule has 1 heterocycles. The molecular formula is C9H13ClN5O2-. The Kier molecular flexibility index (Phi) is 4.89. The SMILES string of the molecule is CN(C)c1nc(Cl)nc(NCCCC(=O)[O-])n1. The number of hydrogen-bond acceptors (Lipinski definition) is 7. The van der Waals surface area contributed by atoms with E-state index in [1.807, 2.05) is 0 Å². The predicted octanol–water partition coefficient (Wildman–Crippen LogP) is -0.467. The van der Waals surface area contributed by atoms with E-state index in [-0.39, 0.29) is 11.7 Å². The quantitative estimate of drug-likeness (QED) is 0.690. The molecule has 0 saturated heterocycles. The fourth-order valence-electron chi connectivity index (χ4n) is 1.05. The molecule has 0 amide bonds. The molecule has 0 radical (unpaired) electrons. The molecule has 0 saturated carbocycles. The summed E-state index contributed by atoms with van der Waals surface area (Å²) in [5.41, 5.74) is 0. The number of rotatable bonds is 6. The van der Waals surface area contributed by atoms with Gasteiger partial charge in [0.15, 0.2) is 0 Å². The molecule has 1 aromatic heterocycles. The van der Waals surface area contributed by atoms with E-state index < -0.39 is 5.97 Å². The molecule has 1 aromatic rings. The van der Waals surface area contributed by atoms with E-state index >= 15 is 0 Å². The van der Waals surface area contributed by atoms with E-state index in [9.17, 15) is 9.90 Å². The Bertz CT molecular complexity index is 399. The summed E-state index contributed by atoms with van der Waals surface area (Å²) in [5, 5.41) is 13.2. The number of carboxylic acid groups (broad SMARTS) is 1. The molecule has 0 aromatic carbocycles. The average Bonchev–Trinajstić information content (AvgIpc) is 2.23. The monoisotopic (exact) mass is 258 g/mol. The number of carbonyl (C=O) groups is 1. The number of carboxylic acids is 1. The van der Waals surface area contributed by atoms with Crippen molar-refractivity contribution >= 4 is 29.5 Å². The van der Waals surface area contributed by atoms with Crippen LogP contribution in [0.4, 0.5) is 11.9 Å². The molecule has 0 atom stereocenters. The van der Waals surface area contributed by atoms with Gasteiger partial charge in [-0.3, -0.25) is 0 Å². The van der Waals surface area contributed by atoms with Crippen molar-refractivity contribution in [2.45, 2.75) is 12.8 Å². The Hall–Kier alpha value is -1.63. The van der Waals surface area contributed by atoms with Crippen LogP contribution in [0.2, 0.25) is 5.28 Å². The summed E-state index contributed by atoms with van der Waals surface area (Å²) in [6.45, 7) is 0.432. The van der Waals surface area contributed by atoms with Crippen molar-refractivity contribution in [2.24, 2.45) is 0 Å². The minimum absolute atomic E-state index is 0.00759. The Morgan fingerprint density at radius 3 is 2.71 bits per heavy atom. The van der Waals surface area contributed by atoms with Crippen molar-refractivity contribution in [2.75, 3.05) is 30.9 Å². The molecule has 8 heteroatoms. The molecule has 1 rings (SSSR count). The standard InChI is InChI=1S/C9H14ClN5O2/c1-15(2)9-13-7(10)12-8(14-9)11-5-3-4-6(16)17/h3-5H2,1-2H3,(H,16,17)(H,11,12,13,14)/p-1. The fraction of sp³-hybridized carbons (Fsp3) is 0.556. The number of hydrogen-bond donors (Lipinski definition) is 1. The van der Waals surface area contributed by atoms with Crippen LogP contribution in [0, 0.1) is 0 Å². The van der Waals surface area contributed by atoms with Crippen molar-refractivity contribution in [1.29, 1.82) is 0 Å². The molecular weight excluding hydrogens is 246 g/mol. The zero-order valence-electron chi connectivity index (χ0n) is 9.60. The average molecular weight is 259 g/mol. The molecule has 1 N–H and O–H groups in total. The van der Waals surface area contributed by atoms with Crippen LogP contribution in [-0.2, 0) is 4.79 Å². The zero-order chi connectivity index (χ0) is 12.8. The van der Waals surface area contributed by atoms with Crippen LogP contribution in [0.3, 0.4) is 0 Å². The summed E-state index contributed by atoms with van der Waals surface area (Å²) in [5.74, 6) is -0.311. The highest BCUT2D eigenvalue weighted by molar-refractivity contribution is 6.28. The first-order valence-corrected chi connectivity index (χ1v) is 5.39. The number of halogens is 1. The number of nitrogens with zero attached hydrogens (tertiary/aromatic N) is 4. The highest BCUT2D eigenvalue weighted by atomic mass is 35.5. The Morgan fingerprint density at radius 1 is 1.41 bits per heavy atom. The third kappa shape index (κ3) is 4.81. The van der Waals surface area contributed by atoms with Gasteiger partial charge in [-0.2, -0.15) is 15.0 Å². The van der Waals surface area contributed by atoms with Gasteiger partial charge in [0.05, 0.1) is 0 Å². The highest BCUT2D eigenvalue weighted by Crippen LogP contribution is 2.11. The van der Waals surface area contributed by atoms with Gasteiger partial charge in [0.25, 0.3) is 0 Å². The van der Waals surface area contributed by atoms with E-state index in [0.717, 1.165) is 0 Å². The van der Waals surface area contributed by atoms with Crippen molar-refractivity contribution in [3.63, 3.8) is 0 Å². The maximum absolute atomic E-state index is 10.2. The first kappa shape index (κ1) is 13.4. The van der Waals surface area contributed by atoms with Crippen LogP contribution in [-0.4, -0.2) is 41.6 Å². The molecule has 0 bridgehead atoms. The van der Waals surface area contributed by atoms with Gasteiger partial charge in [0.2, 0.25) is 17.2 Å². The minimum atomic E-state index is -1.07. The van der Waals surface area contributed by atoms with Gasteiger partial charge in [0.1, 0.15) is 0 Å². The molecule has 0 spiro atoms. The largest absolute Gasteiger partial charge is 0.550 e. The summed E-state index contributed by atoms with van der Waals surface area (Å²) < 4.78 is 0. The van der Waals surface area contributed by atoms with E-state index in [1.54, 1.807) is 19.0 Å². The summed E-state index contributed by atoms with van der Waals surface area (Å²) in [7, 11) is 3.57. The zero-order valence-corrected chi connectivity index (χ0v) is 10.4. The lowest BCUT2D eigenvalue weighted by molar-refractivity contribution is -0.305. The number of nitrogens with one attached hydrogen (secondary N) is 1. The van der Waals surface area contributed by atoms with Crippen molar-refractivity contribution in [1.82, 2.24) is 15.0 Å². The second-order valence-corrected chi connectivity index (χ2v) is 3.86. The maximum Gasteiger partial charge on any atom is 0.230 e. The lowest BCUT2D eigenvalue weighted by Crippen LogP contribution is -2.22. The van der Waals surface area contributed by atoms with Crippen LogP contribution < -0.4 is 15.3 Å². The molecule has 7 nitrogen and oxygen atoms in total. The van der Waals surface area contributed by atoms with Gasteiger partial charge >= 0.3 is 0 Å². The predicted molar refractivity (Wildman–Crippen MR) is 61.9 cm³/mol. The third-order valence-electron chi connectivity index (χ3n) is 1.84. The van der Waals surface area contributed by atoms with Crippen LogP contribution in [0.25, 0.3) is 0 Å². The van der Waals surface area contributed by atoms with Crippen molar-refractivity contribution in [3.05, 3.63) is 5.28 Å². The van der Waals surface area contributed by atoms with E-state index in [1.165, 1.54) is 0 Å². The van der Waals surface area contributed by atoms with Crippen LogP contribution in [0.1, 0.15) is 12.8 Å². The van der Waals surface area contributed by atoms with Gasteiger partial charge in [0, 0.05) is 26.6 Å². The maximum atomic E-state index is 10.2. The number of anilines is 2. The highest BCUT2D eigenvalue weighted by Gasteiger charge is 2.05. The molecule has 0 unspecified atom stereocenters. The van der Waals surface area contributed by atoms with Crippen LogP contribution in [0.5, 0.6) is 0 Å². The summed E-state index contributed by atoms with van der Waals surface area (Å²) in [6, 6.07) is 0. The van der Waals surface area contributed by atoms with E-state index in [4.69, 9.17) is 11.6 Å². The normalized spacial score (nSPS) is 10.1. The van der Waals surface area contributed by atoms with Crippen LogP contribution >= 0.6 is 11.6 Å². The Morgan fingerprint density at radius 2 is 2.12 bits per heavy atom. The molecule has 0 aliphatic carbocycles. The third-order valence-corrected chi connectivity index (χ3v) is 2.01. The topological polar surface area (TPSA) is 94.1 Å². The second kappa shape index (κ2) is 6.19. The second-order valence-electron chi connectivity index (χ2n) is 3.52. The first-order chi connectivity index (χ1) is 7.99. The molecule has 0 aliphatic rings. The number of aromatic nitrogens is 3. The molecule has 94 valence electrons. The fourth-order valence-corrected chi connectivity index (χ4v) is 1.21.